The van der Waals surface area contributed by atoms with E-state index in [1.54, 1.807) is 0 Å². The molecule has 88 valence electrons. The molecule has 1 rings (SSSR count). The first-order valence-corrected chi connectivity index (χ1v) is 6.88. The number of carbonyl (C=O) groups excluding carboxylic acids is 1. The van der Waals surface area contributed by atoms with Gasteiger partial charge in [-0.05, 0) is 25.7 Å². The van der Waals surface area contributed by atoms with Crippen LogP contribution in [0.15, 0.2) is 0 Å². The van der Waals surface area contributed by atoms with E-state index < -0.39 is 0 Å². The Labute approximate surface area is 102 Å². The summed E-state index contributed by atoms with van der Waals surface area (Å²) in [6, 6.07) is 0.500. The lowest BCUT2D eigenvalue weighted by molar-refractivity contribution is -0.133. The molecule has 15 heavy (non-hydrogen) atoms. The molecule has 0 aromatic carbocycles. The van der Waals surface area contributed by atoms with Crippen LogP contribution in [0.3, 0.4) is 0 Å². The molecule has 1 unspecified atom stereocenters. The molecule has 1 saturated carbocycles. The Hall–Kier alpha value is -0.0500. The van der Waals surface area contributed by atoms with Gasteiger partial charge in [-0.3, -0.25) is 4.79 Å². The highest BCUT2D eigenvalue weighted by Crippen LogP contribution is 2.25. The molecule has 1 amide bonds. The highest BCUT2D eigenvalue weighted by Gasteiger charge is 2.28. The molecule has 0 saturated heterocycles. The number of carbonyl (C=O) groups is 1. The number of nitrogens with zero attached hydrogens (tertiary/aromatic N) is 1. The molecule has 1 fully saturated rings. The van der Waals surface area contributed by atoms with Gasteiger partial charge in [-0.1, -0.05) is 42.6 Å². The molecule has 0 heterocycles. The van der Waals surface area contributed by atoms with Crippen LogP contribution in [-0.4, -0.2) is 28.2 Å². The van der Waals surface area contributed by atoms with Crippen LogP contribution in [0, 0.1) is 5.92 Å². The fourth-order valence-corrected chi connectivity index (χ4v) is 2.52. The first kappa shape index (κ1) is 13.0. The van der Waals surface area contributed by atoms with E-state index in [0.29, 0.717) is 12.0 Å². The minimum Gasteiger partial charge on any atom is -0.339 e. The Morgan fingerprint density at radius 2 is 1.87 bits per heavy atom. The van der Waals surface area contributed by atoms with Crippen LogP contribution in [0.2, 0.25) is 0 Å². The van der Waals surface area contributed by atoms with Crippen molar-refractivity contribution in [3.8, 4) is 0 Å². The van der Waals surface area contributed by atoms with E-state index in [-0.39, 0.29) is 10.7 Å². The maximum absolute atomic E-state index is 12.0. The highest BCUT2D eigenvalue weighted by atomic mass is 79.9. The van der Waals surface area contributed by atoms with E-state index in [0.717, 1.165) is 6.54 Å². The first-order chi connectivity index (χ1) is 7.02. The third-order valence-corrected chi connectivity index (χ3v) is 3.34. The number of halogens is 1. The van der Waals surface area contributed by atoms with Gasteiger partial charge in [-0.2, -0.15) is 0 Å². The summed E-state index contributed by atoms with van der Waals surface area (Å²) in [4.78, 5) is 14.1. The normalized spacial score (nSPS) is 19.5. The third-order valence-electron chi connectivity index (χ3n) is 2.95. The van der Waals surface area contributed by atoms with E-state index in [1.165, 1.54) is 25.7 Å². The van der Waals surface area contributed by atoms with E-state index in [4.69, 9.17) is 0 Å². The van der Waals surface area contributed by atoms with Crippen LogP contribution < -0.4 is 0 Å². The second-order valence-electron chi connectivity index (χ2n) is 4.94. The monoisotopic (exact) mass is 275 g/mol. The van der Waals surface area contributed by atoms with Gasteiger partial charge >= 0.3 is 0 Å². The fraction of sp³-hybridized carbons (Fsp3) is 0.917. The summed E-state index contributed by atoms with van der Waals surface area (Å²) in [7, 11) is 0. The summed E-state index contributed by atoms with van der Waals surface area (Å²) in [5.74, 6) is 0.816. The topological polar surface area (TPSA) is 20.3 Å². The number of alkyl halides is 1. The molecular weight excluding hydrogens is 254 g/mol. The largest absolute Gasteiger partial charge is 0.339 e. The zero-order chi connectivity index (χ0) is 11.4. The Bertz CT molecular complexity index is 210. The number of amides is 1. The van der Waals surface area contributed by atoms with Crippen molar-refractivity contribution in [2.45, 2.75) is 57.3 Å². The average molecular weight is 276 g/mol. The lowest BCUT2D eigenvalue weighted by Gasteiger charge is -2.31. The summed E-state index contributed by atoms with van der Waals surface area (Å²) in [5, 5.41) is 0. The Kier molecular flexibility index (Phi) is 5.10. The van der Waals surface area contributed by atoms with Gasteiger partial charge in [0.25, 0.3) is 0 Å². The molecule has 1 aliphatic rings. The number of hydrogen-bond acceptors (Lipinski definition) is 1. The smallest absolute Gasteiger partial charge is 0.236 e. The molecule has 1 aliphatic carbocycles. The molecule has 0 aromatic rings. The van der Waals surface area contributed by atoms with Crippen LogP contribution in [0.4, 0.5) is 0 Å². The van der Waals surface area contributed by atoms with E-state index in [1.807, 2.05) is 6.92 Å². The molecule has 3 heteroatoms. The molecule has 0 bridgehead atoms. The molecule has 0 aromatic heterocycles. The van der Waals surface area contributed by atoms with Gasteiger partial charge in [0.15, 0.2) is 0 Å². The van der Waals surface area contributed by atoms with Gasteiger partial charge in [-0.15, -0.1) is 0 Å². The van der Waals surface area contributed by atoms with Crippen molar-refractivity contribution in [1.29, 1.82) is 0 Å². The quantitative estimate of drug-likeness (QED) is 0.722. The van der Waals surface area contributed by atoms with Crippen molar-refractivity contribution in [2.24, 2.45) is 5.92 Å². The summed E-state index contributed by atoms with van der Waals surface area (Å²) in [6.07, 6.45) is 4.95. The Morgan fingerprint density at radius 3 is 2.27 bits per heavy atom. The van der Waals surface area contributed by atoms with Crippen molar-refractivity contribution < 1.29 is 4.79 Å². The van der Waals surface area contributed by atoms with Gasteiger partial charge < -0.3 is 4.90 Å². The lowest BCUT2D eigenvalue weighted by Crippen LogP contribution is -2.44. The van der Waals surface area contributed by atoms with Crippen LogP contribution in [0.1, 0.15) is 46.5 Å². The lowest BCUT2D eigenvalue weighted by atomic mass is 10.1. The number of hydrogen-bond donors (Lipinski definition) is 0. The van der Waals surface area contributed by atoms with Gasteiger partial charge in [0.2, 0.25) is 5.91 Å². The van der Waals surface area contributed by atoms with E-state index in [2.05, 4.69) is 34.7 Å². The van der Waals surface area contributed by atoms with Crippen LogP contribution in [-0.2, 0) is 4.79 Å². The van der Waals surface area contributed by atoms with Crippen LogP contribution >= 0.6 is 15.9 Å². The highest BCUT2D eigenvalue weighted by molar-refractivity contribution is 9.10. The van der Waals surface area contributed by atoms with Crippen molar-refractivity contribution in [3.63, 3.8) is 0 Å². The number of rotatable bonds is 4. The summed E-state index contributed by atoms with van der Waals surface area (Å²) >= 11 is 3.39. The van der Waals surface area contributed by atoms with E-state index in [9.17, 15) is 4.79 Å². The molecule has 0 spiro atoms. The third kappa shape index (κ3) is 3.78. The first-order valence-electron chi connectivity index (χ1n) is 5.97. The molecule has 2 nitrogen and oxygen atoms in total. The van der Waals surface area contributed by atoms with Gasteiger partial charge in [0, 0.05) is 12.6 Å². The van der Waals surface area contributed by atoms with Crippen molar-refractivity contribution in [1.82, 2.24) is 4.90 Å². The van der Waals surface area contributed by atoms with Crippen LogP contribution in [0.5, 0.6) is 0 Å². The summed E-state index contributed by atoms with van der Waals surface area (Å²) in [6.45, 7) is 7.17. The molecular formula is C12H22BrNO. The maximum Gasteiger partial charge on any atom is 0.236 e. The predicted molar refractivity (Wildman–Crippen MR) is 67.2 cm³/mol. The predicted octanol–water partition coefficient (Wildman–Crippen LogP) is 3.20. The SMILES string of the molecule is CC(C)CN(C(=O)C(C)Br)C1CCCC1. The molecule has 1 atom stereocenters. The molecule has 0 radical (unpaired) electrons. The Balaban J connectivity index is 2.63. The van der Waals surface area contributed by atoms with Crippen LogP contribution in [0.25, 0.3) is 0 Å². The summed E-state index contributed by atoms with van der Waals surface area (Å²) in [5.41, 5.74) is 0. The second-order valence-corrected chi connectivity index (χ2v) is 6.31. The average Bonchev–Trinajstić information content (AvgIpc) is 2.65. The van der Waals surface area contributed by atoms with Gasteiger partial charge in [-0.25, -0.2) is 0 Å². The Morgan fingerprint density at radius 1 is 1.33 bits per heavy atom. The van der Waals surface area contributed by atoms with Crippen molar-refractivity contribution >= 4 is 21.8 Å². The molecule has 0 aliphatic heterocycles. The zero-order valence-electron chi connectivity index (χ0n) is 10.0. The molecule has 0 N–H and O–H groups in total. The van der Waals surface area contributed by atoms with Crippen molar-refractivity contribution in [2.75, 3.05) is 6.54 Å². The van der Waals surface area contributed by atoms with Crippen molar-refractivity contribution in [3.05, 3.63) is 0 Å². The maximum atomic E-state index is 12.0. The van der Waals surface area contributed by atoms with Gasteiger partial charge in [0.1, 0.15) is 0 Å². The van der Waals surface area contributed by atoms with E-state index >= 15 is 0 Å². The minimum absolute atomic E-state index is 0.0446. The standard InChI is InChI=1S/C12H22BrNO/c1-9(2)8-14(12(15)10(3)13)11-6-4-5-7-11/h9-11H,4-8H2,1-3H3. The minimum atomic E-state index is -0.0446. The second kappa shape index (κ2) is 5.88. The van der Waals surface area contributed by atoms with Gasteiger partial charge in [0.05, 0.1) is 4.83 Å². The summed E-state index contributed by atoms with van der Waals surface area (Å²) < 4.78 is 0. The fourth-order valence-electron chi connectivity index (χ4n) is 2.26. The zero-order valence-corrected chi connectivity index (χ0v) is 11.6.